The van der Waals surface area contributed by atoms with Gasteiger partial charge in [-0.2, -0.15) is 0 Å². The molecule has 0 aliphatic rings. The lowest BCUT2D eigenvalue weighted by molar-refractivity contribution is 0.411. The van der Waals surface area contributed by atoms with Crippen LogP contribution >= 0.6 is 11.3 Å². The molecule has 0 fully saturated rings. The highest BCUT2D eigenvalue weighted by molar-refractivity contribution is 7.23. The van der Waals surface area contributed by atoms with Crippen LogP contribution in [0.25, 0.3) is 64.5 Å². The highest BCUT2D eigenvalue weighted by Crippen LogP contribution is 2.45. The maximum Gasteiger partial charge on any atom is 0.144 e. The molecule has 0 aliphatic carbocycles. The summed E-state index contributed by atoms with van der Waals surface area (Å²) in [6.45, 7) is 9.10. The largest absolute Gasteiger partial charge is 0.455 e. The molecule has 38 heavy (non-hydrogen) atoms. The van der Waals surface area contributed by atoms with Gasteiger partial charge in [0.25, 0.3) is 0 Å². The molecule has 0 amide bonds. The molecule has 0 saturated carbocycles. The first kappa shape index (κ1) is 23.2. The molecule has 7 aromatic rings. The summed E-state index contributed by atoms with van der Waals surface area (Å²) < 4.78 is 7.84. The number of thiophene rings is 1. The zero-order valence-corrected chi connectivity index (χ0v) is 22.9. The molecule has 2 nitrogen and oxygen atoms in total. The Labute approximate surface area is 226 Å². The monoisotopic (exact) mass is 511 g/mol. The van der Waals surface area contributed by atoms with Crippen molar-refractivity contribution in [1.82, 2.24) is 4.98 Å². The predicted octanol–water partition coefficient (Wildman–Crippen LogP) is 10.6. The smallest absolute Gasteiger partial charge is 0.144 e. The van der Waals surface area contributed by atoms with Gasteiger partial charge in [-0.1, -0.05) is 87.5 Å². The minimum atomic E-state index is 0.277. The van der Waals surface area contributed by atoms with Gasteiger partial charge in [-0.3, -0.25) is 4.98 Å². The number of pyridine rings is 1. The molecule has 0 radical (unpaired) electrons. The van der Waals surface area contributed by atoms with Crippen molar-refractivity contribution in [3.8, 4) is 21.7 Å². The van der Waals surface area contributed by atoms with Crippen molar-refractivity contribution in [2.45, 2.75) is 34.1 Å². The fraction of sp³-hybridized carbons (Fsp3) is 0.171. The Morgan fingerprint density at radius 2 is 1.50 bits per heavy atom. The van der Waals surface area contributed by atoms with Crippen LogP contribution in [-0.4, -0.2) is 4.98 Å². The summed E-state index contributed by atoms with van der Waals surface area (Å²) >= 11 is 1.83. The third-order valence-electron chi connectivity index (χ3n) is 7.45. The van der Waals surface area contributed by atoms with E-state index in [9.17, 15) is 0 Å². The first-order valence-electron chi connectivity index (χ1n) is 13.2. The van der Waals surface area contributed by atoms with Crippen LogP contribution in [0.2, 0.25) is 0 Å². The summed E-state index contributed by atoms with van der Waals surface area (Å²) in [6.07, 6.45) is 3.01. The molecule has 3 heterocycles. The summed E-state index contributed by atoms with van der Waals surface area (Å²) in [7, 11) is 0. The third-order valence-corrected chi connectivity index (χ3v) is 8.81. The Bertz CT molecular complexity index is 1980. The SMILES string of the molecule is Cc1c(-c2ccc(CC(C)(C)C)cc2)sc2c(-c3cccc4c3oc3c5ccccc5ccc43)nccc12. The zero-order valence-electron chi connectivity index (χ0n) is 22.1. The molecule has 0 atom stereocenters. The van der Waals surface area contributed by atoms with E-state index in [0.29, 0.717) is 0 Å². The zero-order chi connectivity index (χ0) is 26.0. The van der Waals surface area contributed by atoms with Gasteiger partial charge in [-0.05, 0) is 64.4 Å². The summed E-state index contributed by atoms with van der Waals surface area (Å²) in [5.41, 5.74) is 8.10. The molecule has 0 unspecified atom stereocenters. The highest BCUT2D eigenvalue weighted by Gasteiger charge is 2.20. The van der Waals surface area contributed by atoms with Crippen molar-refractivity contribution in [3.63, 3.8) is 0 Å². The second-order valence-corrected chi connectivity index (χ2v) is 12.5. The van der Waals surface area contributed by atoms with E-state index in [4.69, 9.17) is 9.40 Å². The van der Waals surface area contributed by atoms with Crippen molar-refractivity contribution < 1.29 is 4.42 Å². The van der Waals surface area contributed by atoms with E-state index in [-0.39, 0.29) is 5.41 Å². The van der Waals surface area contributed by atoms with Crippen molar-refractivity contribution in [1.29, 1.82) is 0 Å². The number of fused-ring (bicyclic) bond motifs is 6. The molecule has 0 bridgehead atoms. The minimum absolute atomic E-state index is 0.277. The van der Waals surface area contributed by atoms with Crippen LogP contribution < -0.4 is 0 Å². The van der Waals surface area contributed by atoms with Gasteiger partial charge < -0.3 is 4.42 Å². The normalized spacial score (nSPS) is 12.3. The molecule has 0 aliphatic heterocycles. The van der Waals surface area contributed by atoms with E-state index in [1.54, 1.807) is 0 Å². The first-order chi connectivity index (χ1) is 18.4. The summed E-state index contributed by atoms with van der Waals surface area (Å²) in [4.78, 5) is 6.22. The van der Waals surface area contributed by atoms with Crippen LogP contribution in [0.4, 0.5) is 0 Å². The van der Waals surface area contributed by atoms with E-state index < -0.39 is 0 Å². The number of rotatable bonds is 3. The molecule has 0 N–H and O–H groups in total. The Morgan fingerprint density at radius 3 is 2.32 bits per heavy atom. The molecule has 3 heteroatoms. The van der Waals surface area contributed by atoms with Crippen LogP contribution in [0.1, 0.15) is 31.9 Å². The van der Waals surface area contributed by atoms with E-state index >= 15 is 0 Å². The van der Waals surface area contributed by atoms with Gasteiger partial charge in [0.2, 0.25) is 0 Å². The van der Waals surface area contributed by atoms with Crippen molar-refractivity contribution >= 4 is 54.1 Å². The maximum atomic E-state index is 6.64. The minimum Gasteiger partial charge on any atom is -0.455 e. The molecule has 0 saturated heterocycles. The van der Waals surface area contributed by atoms with Gasteiger partial charge in [0.05, 0.1) is 10.4 Å². The Kier molecular flexibility index (Phi) is 5.21. The topological polar surface area (TPSA) is 26.0 Å². The number of para-hydroxylation sites is 1. The summed E-state index contributed by atoms with van der Waals surface area (Å²) in [5, 5.41) is 5.86. The standard InChI is InChI=1S/C35H29NOS/c1-21-25-18-19-36-30(34(25)38-33(21)24-14-12-22(13-15-24)20-35(2,3)4)29-11-7-10-27-28-17-16-23-8-5-6-9-26(23)31(28)37-32(27)29/h5-19H,20H2,1-4H3. The summed E-state index contributed by atoms with van der Waals surface area (Å²) in [6, 6.07) is 30.5. The number of hydrogen-bond acceptors (Lipinski definition) is 3. The second-order valence-electron chi connectivity index (χ2n) is 11.5. The van der Waals surface area contributed by atoms with Crippen molar-refractivity contribution in [3.05, 3.63) is 102 Å². The van der Waals surface area contributed by atoms with E-state index in [1.807, 2.05) is 17.5 Å². The van der Waals surface area contributed by atoms with Crippen LogP contribution in [0.5, 0.6) is 0 Å². The Morgan fingerprint density at radius 1 is 0.737 bits per heavy atom. The lowest BCUT2D eigenvalue weighted by Crippen LogP contribution is -2.08. The first-order valence-corrected chi connectivity index (χ1v) is 14.0. The molecule has 7 rings (SSSR count). The van der Waals surface area contributed by atoms with E-state index in [0.717, 1.165) is 45.0 Å². The van der Waals surface area contributed by atoms with Gasteiger partial charge in [0.15, 0.2) is 0 Å². The second kappa shape index (κ2) is 8.54. The van der Waals surface area contributed by atoms with Gasteiger partial charge >= 0.3 is 0 Å². The molecule has 186 valence electrons. The number of hydrogen-bond donors (Lipinski definition) is 0. The fourth-order valence-corrected chi connectivity index (χ4v) is 7.03. The van der Waals surface area contributed by atoms with Crippen LogP contribution in [0, 0.1) is 12.3 Å². The van der Waals surface area contributed by atoms with Crippen LogP contribution in [0.3, 0.4) is 0 Å². The van der Waals surface area contributed by atoms with Gasteiger partial charge in [0.1, 0.15) is 11.2 Å². The van der Waals surface area contributed by atoms with Crippen LogP contribution in [0.15, 0.2) is 95.5 Å². The molecular weight excluding hydrogens is 482 g/mol. The van der Waals surface area contributed by atoms with E-state index in [1.165, 1.54) is 37.0 Å². The molecule has 0 spiro atoms. The van der Waals surface area contributed by atoms with Crippen molar-refractivity contribution in [2.24, 2.45) is 5.41 Å². The number of aromatic nitrogens is 1. The van der Waals surface area contributed by atoms with Gasteiger partial charge in [-0.25, -0.2) is 0 Å². The fourth-order valence-electron chi connectivity index (χ4n) is 5.71. The maximum absolute atomic E-state index is 6.64. The Hall–Kier alpha value is -3.95. The highest BCUT2D eigenvalue weighted by atomic mass is 32.1. The third kappa shape index (κ3) is 3.73. The lowest BCUT2D eigenvalue weighted by atomic mass is 9.88. The predicted molar refractivity (Wildman–Crippen MR) is 163 cm³/mol. The number of benzene rings is 4. The molecule has 3 aromatic heterocycles. The summed E-state index contributed by atoms with van der Waals surface area (Å²) in [5.74, 6) is 0. The molecular formula is C35H29NOS. The number of furan rings is 1. The van der Waals surface area contributed by atoms with Gasteiger partial charge in [-0.15, -0.1) is 11.3 Å². The van der Waals surface area contributed by atoms with Crippen LogP contribution in [-0.2, 0) is 6.42 Å². The lowest BCUT2D eigenvalue weighted by Gasteiger charge is -2.18. The van der Waals surface area contributed by atoms with E-state index in [2.05, 4.69) is 113 Å². The number of aryl methyl sites for hydroxylation is 1. The number of nitrogens with zero attached hydrogens (tertiary/aromatic N) is 1. The van der Waals surface area contributed by atoms with Crippen molar-refractivity contribution in [2.75, 3.05) is 0 Å². The average molecular weight is 512 g/mol. The molecule has 4 aromatic carbocycles. The average Bonchev–Trinajstić information content (AvgIpc) is 3.46. The van der Waals surface area contributed by atoms with Gasteiger partial charge in [0, 0.05) is 32.8 Å². The Balaban J connectivity index is 1.40. The quantitative estimate of drug-likeness (QED) is 0.236.